The van der Waals surface area contributed by atoms with Gasteiger partial charge in [0, 0.05) is 17.7 Å². The molecule has 6 heteroatoms. The van der Waals surface area contributed by atoms with Crippen molar-refractivity contribution in [3.63, 3.8) is 0 Å². The highest BCUT2D eigenvalue weighted by molar-refractivity contribution is 5.88. The highest BCUT2D eigenvalue weighted by Crippen LogP contribution is 2.43. The second kappa shape index (κ2) is 9.75. The zero-order valence-corrected chi connectivity index (χ0v) is 18.0. The molecule has 0 radical (unpaired) electrons. The molecule has 0 aliphatic carbocycles. The lowest BCUT2D eigenvalue weighted by molar-refractivity contribution is -0.128. The number of benzene rings is 3. The summed E-state index contributed by atoms with van der Waals surface area (Å²) in [5, 5.41) is 9.71. The molecule has 4 rings (SSSR count). The van der Waals surface area contributed by atoms with E-state index in [1.54, 1.807) is 24.3 Å². The number of nitriles is 1. The van der Waals surface area contributed by atoms with Gasteiger partial charge in [0.1, 0.15) is 28.9 Å². The lowest BCUT2D eigenvalue weighted by Crippen LogP contribution is -2.21. The van der Waals surface area contributed by atoms with Crippen molar-refractivity contribution in [2.45, 2.75) is 12.8 Å². The van der Waals surface area contributed by atoms with Gasteiger partial charge >= 0.3 is 5.97 Å². The number of rotatable bonds is 6. The van der Waals surface area contributed by atoms with Crippen LogP contribution in [0.1, 0.15) is 29.5 Å². The number of carbonyl (C=O) groups is 1. The third-order valence-electron chi connectivity index (χ3n) is 5.14. The van der Waals surface area contributed by atoms with E-state index in [2.05, 4.69) is 6.07 Å². The van der Waals surface area contributed by atoms with E-state index < -0.39 is 11.9 Å². The maximum Gasteiger partial charge on any atom is 0.336 e. The standard InChI is InChI=1S/C27H22N2O4/c1-2-31-20-11-9-19(10-12-20)26-22-14-13-21(16-24(22)33-27(29)23(26)17-28)32-25(30)15-8-18-6-4-3-5-7-18/h3-16,26H,2,29H2,1H3/b15-8+. The summed E-state index contributed by atoms with van der Waals surface area (Å²) in [6, 6.07) is 24.2. The fourth-order valence-corrected chi connectivity index (χ4v) is 3.64. The van der Waals surface area contributed by atoms with Gasteiger partial charge in [-0.1, -0.05) is 48.5 Å². The van der Waals surface area contributed by atoms with Gasteiger partial charge in [-0.3, -0.25) is 0 Å². The normalized spacial score (nSPS) is 14.8. The second-order valence-electron chi connectivity index (χ2n) is 7.29. The van der Waals surface area contributed by atoms with Gasteiger partial charge in [0.15, 0.2) is 0 Å². The molecule has 0 aromatic heterocycles. The monoisotopic (exact) mass is 438 g/mol. The minimum atomic E-state index is -0.515. The molecular formula is C27H22N2O4. The molecule has 0 fully saturated rings. The van der Waals surface area contributed by atoms with Gasteiger partial charge in [-0.2, -0.15) is 5.26 Å². The summed E-state index contributed by atoms with van der Waals surface area (Å²) in [6.07, 6.45) is 3.04. The number of hydrogen-bond acceptors (Lipinski definition) is 6. The first-order valence-electron chi connectivity index (χ1n) is 10.5. The molecule has 2 N–H and O–H groups in total. The number of esters is 1. The van der Waals surface area contributed by atoms with E-state index in [0.717, 1.165) is 22.4 Å². The molecule has 1 unspecified atom stereocenters. The predicted octanol–water partition coefficient (Wildman–Crippen LogP) is 4.92. The van der Waals surface area contributed by atoms with Crippen molar-refractivity contribution in [3.05, 3.63) is 107 Å². The van der Waals surface area contributed by atoms with Crippen LogP contribution in [0, 0.1) is 11.3 Å². The Kier molecular flexibility index (Phi) is 6.42. The summed E-state index contributed by atoms with van der Waals surface area (Å²) in [7, 11) is 0. The third-order valence-corrected chi connectivity index (χ3v) is 5.14. The number of allylic oxidation sites excluding steroid dienone is 1. The van der Waals surface area contributed by atoms with Gasteiger partial charge in [0.25, 0.3) is 0 Å². The summed E-state index contributed by atoms with van der Waals surface area (Å²) in [4.78, 5) is 12.2. The number of fused-ring (bicyclic) bond motifs is 1. The largest absolute Gasteiger partial charge is 0.494 e. The molecule has 0 spiro atoms. The number of hydrogen-bond donors (Lipinski definition) is 1. The van der Waals surface area contributed by atoms with Crippen molar-refractivity contribution in [2.24, 2.45) is 5.73 Å². The molecule has 0 saturated heterocycles. The Hall–Kier alpha value is -4.50. The summed E-state index contributed by atoms with van der Waals surface area (Å²) >= 11 is 0. The number of nitrogens with two attached hydrogens (primary N) is 1. The van der Waals surface area contributed by atoms with E-state index in [9.17, 15) is 10.1 Å². The molecule has 1 aliphatic heterocycles. The van der Waals surface area contributed by atoms with E-state index in [1.807, 2.05) is 61.5 Å². The molecule has 3 aromatic carbocycles. The van der Waals surface area contributed by atoms with Crippen LogP contribution in [0.4, 0.5) is 0 Å². The van der Waals surface area contributed by atoms with Crippen LogP contribution in [-0.4, -0.2) is 12.6 Å². The summed E-state index contributed by atoms with van der Waals surface area (Å²) < 4.78 is 16.6. The smallest absolute Gasteiger partial charge is 0.336 e. The van der Waals surface area contributed by atoms with E-state index in [-0.39, 0.29) is 5.88 Å². The highest BCUT2D eigenvalue weighted by Gasteiger charge is 2.31. The van der Waals surface area contributed by atoms with Crippen LogP contribution >= 0.6 is 0 Å². The average Bonchev–Trinajstić information content (AvgIpc) is 2.83. The first kappa shape index (κ1) is 21.7. The average molecular weight is 438 g/mol. The molecule has 0 bridgehead atoms. The van der Waals surface area contributed by atoms with E-state index in [1.165, 1.54) is 6.08 Å². The summed E-state index contributed by atoms with van der Waals surface area (Å²) in [5.74, 6) is 0.597. The fourth-order valence-electron chi connectivity index (χ4n) is 3.64. The van der Waals surface area contributed by atoms with Gasteiger partial charge in [-0.25, -0.2) is 4.79 Å². The van der Waals surface area contributed by atoms with Crippen LogP contribution in [0.15, 0.2) is 90.3 Å². The maximum atomic E-state index is 12.2. The Bertz CT molecular complexity index is 1260. The van der Waals surface area contributed by atoms with Crippen molar-refractivity contribution in [1.29, 1.82) is 5.26 Å². The number of nitrogens with zero attached hydrogens (tertiary/aromatic N) is 1. The van der Waals surface area contributed by atoms with E-state index in [4.69, 9.17) is 19.9 Å². The molecule has 1 aliphatic rings. The zero-order chi connectivity index (χ0) is 23.2. The Morgan fingerprint density at radius 2 is 1.82 bits per heavy atom. The minimum absolute atomic E-state index is 0.0244. The van der Waals surface area contributed by atoms with Gasteiger partial charge in [-0.15, -0.1) is 0 Å². The SMILES string of the molecule is CCOc1ccc(C2C(C#N)=C(N)Oc3cc(OC(=O)/C=C/c4ccccc4)ccc32)cc1. The van der Waals surface area contributed by atoms with Crippen LogP contribution in [0.5, 0.6) is 17.2 Å². The van der Waals surface area contributed by atoms with Crippen LogP contribution in [0.2, 0.25) is 0 Å². The van der Waals surface area contributed by atoms with Gasteiger partial charge < -0.3 is 19.9 Å². The molecule has 0 amide bonds. The molecule has 1 atom stereocenters. The van der Waals surface area contributed by atoms with Crippen LogP contribution in [0.25, 0.3) is 6.08 Å². The Morgan fingerprint density at radius 3 is 2.52 bits per heavy atom. The van der Waals surface area contributed by atoms with Crippen molar-refractivity contribution < 1.29 is 19.0 Å². The Balaban J connectivity index is 1.59. The van der Waals surface area contributed by atoms with Crippen molar-refractivity contribution in [1.82, 2.24) is 0 Å². The summed E-state index contributed by atoms with van der Waals surface area (Å²) in [5.41, 5.74) is 8.91. The maximum absolute atomic E-state index is 12.2. The molecule has 3 aromatic rings. The topological polar surface area (TPSA) is 94.6 Å². The Labute approximate surface area is 192 Å². The van der Waals surface area contributed by atoms with Crippen LogP contribution in [-0.2, 0) is 4.79 Å². The zero-order valence-electron chi connectivity index (χ0n) is 18.0. The second-order valence-corrected chi connectivity index (χ2v) is 7.29. The fraction of sp³-hybridized carbons (Fsp3) is 0.111. The first-order valence-corrected chi connectivity index (χ1v) is 10.5. The predicted molar refractivity (Wildman–Crippen MR) is 124 cm³/mol. The molecule has 1 heterocycles. The molecule has 33 heavy (non-hydrogen) atoms. The first-order chi connectivity index (χ1) is 16.1. The number of ether oxygens (including phenoxy) is 3. The quantitative estimate of drug-likeness (QED) is 0.333. The summed E-state index contributed by atoms with van der Waals surface area (Å²) in [6.45, 7) is 2.49. The third kappa shape index (κ3) is 4.89. The molecule has 6 nitrogen and oxygen atoms in total. The highest BCUT2D eigenvalue weighted by atomic mass is 16.5. The van der Waals surface area contributed by atoms with Crippen molar-refractivity contribution in [3.8, 4) is 23.3 Å². The van der Waals surface area contributed by atoms with E-state index >= 15 is 0 Å². The minimum Gasteiger partial charge on any atom is -0.494 e. The van der Waals surface area contributed by atoms with Crippen molar-refractivity contribution in [2.75, 3.05) is 6.61 Å². The van der Waals surface area contributed by atoms with Gasteiger partial charge in [-0.05, 0) is 42.3 Å². The lowest BCUT2D eigenvalue weighted by Gasteiger charge is -2.26. The van der Waals surface area contributed by atoms with Gasteiger partial charge in [0.2, 0.25) is 5.88 Å². The molecule has 164 valence electrons. The number of carbonyl (C=O) groups excluding carboxylic acids is 1. The molecular weight excluding hydrogens is 416 g/mol. The van der Waals surface area contributed by atoms with Crippen LogP contribution < -0.4 is 19.9 Å². The lowest BCUT2D eigenvalue weighted by atomic mass is 9.83. The van der Waals surface area contributed by atoms with Crippen LogP contribution in [0.3, 0.4) is 0 Å². The van der Waals surface area contributed by atoms with E-state index in [0.29, 0.717) is 23.7 Å². The Morgan fingerprint density at radius 1 is 1.09 bits per heavy atom. The van der Waals surface area contributed by atoms with Gasteiger partial charge in [0.05, 0.1) is 12.5 Å². The molecule has 0 saturated carbocycles. The van der Waals surface area contributed by atoms with Crippen molar-refractivity contribution >= 4 is 12.0 Å².